The highest BCUT2D eigenvalue weighted by atomic mass is 14.7. The molecule has 3 aromatic rings. The van der Waals surface area contributed by atoms with E-state index >= 15 is 0 Å². The Bertz CT molecular complexity index is 614. The molecule has 2 nitrogen and oxygen atoms in total. The molecule has 0 saturated heterocycles. The third-order valence-corrected chi connectivity index (χ3v) is 3.73. The lowest BCUT2D eigenvalue weighted by Gasteiger charge is -2.16. The van der Waals surface area contributed by atoms with Crippen LogP contribution in [0.25, 0.3) is 0 Å². The lowest BCUT2D eigenvalue weighted by molar-refractivity contribution is 0.895. The van der Waals surface area contributed by atoms with Crippen molar-refractivity contribution in [2.75, 3.05) is 0 Å². The number of H-pyrrole nitrogens is 2. The van der Waals surface area contributed by atoms with Crippen LogP contribution < -0.4 is 0 Å². The monoisotopic (exact) mass is 250 g/mol. The van der Waals surface area contributed by atoms with Crippen LogP contribution in [0.15, 0.2) is 54.9 Å². The molecule has 2 N–H and O–H groups in total. The Balaban J connectivity index is 2.12. The third-order valence-electron chi connectivity index (χ3n) is 3.73. The van der Waals surface area contributed by atoms with Crippen molar-refractivity contribution in [3.8, 4) is 0 Å². The first-order valence-electron chi connectivity index (χ1n) is 6.59. The molecule has 0 bridgehead atoms. The van der Waals surface area contributed by atoms with E-state index in [4.69, 9.17) is 0 Å². The molecule has 2 heteroatoms. The van der Waals surface area contributed by atoms with Gasteiger partial charge in [-0.05, 0) is 54.8 Å². The maximum absolute atomic E-state index is 3.34. The molecule has 2 heterocycles. The van der Waals surface area contributed by atoms with Gasteiger partial charge in [0.15, 0.2) is 0 Å². The van der Waals surface area contributed by atoms with Gasteiger partial charge in [-0.2, -0.15) is 0 Å². The minimum absolute atomic E-state index is 0.240. The summed E-state index contributed by atoms with van der Waals surface area (Å²) in [6, 6.07) is 15.1. The van der Waals surface area contributed by atoms with Crippen LogP contribution >= 0.6 is 0 Å². The fourth-order valence-electron chi connectivity index (χ4n) is 2.52. The third kappa shape index (κ3) is 2.22. The molecule has 0 spiro atoms. The van der Waals surface area contributed by atoms with Gasteiger partial charge >= 0.3 is 0 Å². The van der Waals surface area contributed by atoms with Crippen molar-refractivity contribution in [3.63, 3.8) is 0 Å². The molecular formula is C17H18N2. The van der Waals surface area contributed by atoms with Crippen LogP contribution in [0, 0.1) is 13.8 Å². The zero-order chi connectivity index (χ0) is 13.2. The first-order chi connectivity index (χ1) is 9.25. The number of nitrogens with one attached hydrogen (secondary N) is 2. The highest BCUT2D eigenvalue weighted by Gasteiger charge is 2.18. The smallest absolute Gasteiger partial charge is 0.0641 e. The van der Waals surface area contributed by atoms with E-state index < -0.39 is 0 Å². The molecule has 1 aromatic carbocycles. The zero-order valence-electron chi connectivity index (χ0n) is 11.3. The first-order valence-corrected chi connectivity index (χ1v) is 6.59. The van der Waals surface area contributed by atoms with Crippen LogP contribution in [0.3, 0.4) is 0 Å². The molecule has 19 heavy (non-hydrogen) atoms. The van der Waals surface area contributed by atoms with Gasteiger partial charge in [0.05, 0.1) is 5.92 Å². The van der Waals surface area contributed by atoms with Crippen molar-refractivity contribution in [1.29, 1.82) is 0 Å². The molecule has 0 amide bonds. The second kappa shape index (κ2) is 4.81. The molecule has 0 saturated carbocycles. The van der Waals surface area contributed by atoms with Gasteiger partial charge in [-0.15, -0.1) is 0 Å². The number of aromatic nitrogens is 2. The van der Waals surface area contributed by atoms with Crippen molar-refractivity contribution >= 4 is 0 Å². The van der Waals surface area contributed by atoms with Gasteiger partial charge in [0.25, 0.3) is 0 Å². The fourth-order valence-corrected chi connectivity index (χ4v) is 2.52. The van der Waals surface area contributed by atoms with E-state index in [1.807, 2.05) is 24.5 Å². The summed E-state index contributed by atoms with van der Waals surface area (Å²) in [6.45, 7) is 4.32. The van der Waals surface area contributed by atoms with Crippen LogP contribution in [0.5, 0.6) is 0 Å². The zero-order valence-corrected chi connectivity index (χ0v) is 11.3. The molecule has 0 unspecified atom stereocenters. The summed E-state index contributed by atoms with van der Waals surface area (Å²) in [5.74, 6) is 0.240. The largest absolute Gasteiger partial charge is 0.364 e. The summed E-state index contributed by atoms with van der Waals surface area (Å²) in [4.78, 5) is 6.68. The molecular weight excluding hydrogens is 232 g/mol. The standard InChI is InChI=1S/C17H18N2/c1-12-7-8-14(11-13(12)2)17(15-5-3-9-18-15)16-6-4-10-19-16/h3-11,17-19H,1-2H3. The molecule has 0 fully saturated rings. The van der Waals surface area contributed by atoms with E-state index in [0.29, 0.717) is 0 Å². The predicted octanol–water partition coefficient (Wildman–Crippen LogP) is 4.14. The van der Waals surface area contributed by atoms with Gasteiger partial charge in [-0.1, -0.05) is 18.2 Å². The Morgan fingerprint density at radius 2 is 1.42 bits per heavy atom. The van der Waals surface area contributed by atoms with Crippen LogP contribution in [0.2, 0.25) is 0 Å². The highest BCUT2D eigenvalue weighted by molar-refractivity contribution is 5.41. The lowest BCUT2D eigenvalue weighted by Crippen LogP contribution is -2.04. The number of benzene rings is 1. The van der Waals surface area contributed by atoms with E-state index in [1.54, 1.807) is 0 Å². The molecule has 3 rings (SSSR count). The maximum Gasteiger partial charge on any atom is 0.0641 e. The lowest BCUT2D eigenvalue weighted by atomic mass is 9.90. The van der Waals surface area contributed by atoms with Crippen LogP contribution in [-0.2, 0) is 0 Å². The van der Waals surface area contributed by atoms with Gasteiger partial charge in [-0.3, -0.25) is 0 Å². The van der Waals surface area contributed by atoms with Gasteiger partial charge in [0.1, 0.15) is 0 Å². The molecule has 0 radical (unpaired) electrons. The summed E-state index contributed by atoms with van der Waals surface area (Å²) in [5.41, 5.74) is 6.41. The Morgan fingerprint density at radius 3 is 1.89 bits per heavy atom. The van der Waals surface area contributed by atoms with E-state index in [9.17, 15) is 0 Å². The van der Waals surface area contributed by atoms with E-state index in [1.165, 1.54) is 28.1 Å². The number of rotatable bonds is 3. The van der Waals surface area contributed by atoms with Crippen LogP contribution in [0.1, 0.15) is 34.0 Å². The molecule has 2 aromatic heterocycles. The quantitative estimate of drug-likeness (QED) is 0.700. The molecule has 0 atom stereocenters. The van der Waals surface area contributed by atoms with Crippen LogP contribution in [-0.4, -0.2) is 9.97 Å². The van der Waals surface area contributed by atoms with E-state index in [0.717, 1.165) is 0 Å². The number of aromatic amines is 2. The Labute approximate surface area is 113 Å². The van der Waals surface area contributed by atoms with E-state index in [-0.39, 0.29) is 5.92 Å². The van der Waals surface area contributed by atoms with Crippen LogP contribution in [0.4, 0.5) is 0 Å². The van der Waals surface area contributed by atoms with Gasteiger partial charge in [-0.25, -0.2) is 0 Å². The average Bonchev–Trinajstić information content (AvgIpc) is 3.07. The van der Waals surface area contributed by atoms with Crippen molar-refractivity contribution in [3.05, 3.63) is 82.9 Å². The Morgan fingerprint density at radius 1 is 0.789 bits per heavy atom. The van der Waals surface area contributed by atoms with Crippen molar-refractivity contribution < 1.29 is 0 Å². The van der Waals surface area contributed by atoms with Gasteiger partial charge in [0.2, 0.25) is 0 Å². The maximum atomic E-state index is 3.34. The Kier molecular flexibility index (Phi) is 3.00. The van der Waals surface area contributed by atoms with E-state index in [2.05, 4.69) is 54.1 Å². The van der Waals surface area contributed by atoms with Gasteiger partial charge < -0.3 is 9.97 Å². The van der Waals surface area contributed by atoms with Crippen molar-refractivity contribution in [1.82, 2.24) is 9.97 Å². The topological polar surface area (TPSA) is 31.6 Å². The Hall–Kier alpha value is -2.22. The minimum atomic E-state index is 0.240. The minimum Gasteiger partial charge on any atom is -0.364 e. The summed E-state index contributed by atoms with van der Waals surface area (Å²) in [6.07, 6.45) is 3.96. The summed E-state index contributed by atoms with van der Waals surface area (Å²) in [5, 5.41) is 0. The molecule has 96 valence electrons. The normalized spacial score (nSPS) is 11.1. The SMILES string of the molecule is Cc1ccc(C(c2ccc[nH]2)c2ccc[nH]2)cc1C. The van der Waals surface area contributed by atoms with Crippen molar-refractivity contribution in [2.24, 2.45) is 0 Å². The second-order valence-electron chi connectivity index (χ2n) is 5.03. The van der Waals surface area contributed by atoms with Crippen molar-refractivity contribution in [2.45, 2.75) is 19.8 Å². The predicted molar refractivity (Wildman–Crippen MR) is 78.4 cm³/mol. The van der Waals surface area contributed by atoms with Gasteiger partial charge in [0, 0.05) is 23.8 Å². The number of hydrogen-bond donors (Lipinski definition) is 2. The summed E-state index contributed by atoms with van der Waals surface area (Å²) < 4.78 is 0. The average molecular weight is 250 g/mol. The molecule has 0 aliphatic carbocycles. The number of aryl methyl sites for hydroxylation is 2. The molecule has 0 aliphatic rings. The summed E-state index contributed by atoms with van der Waals surface area (Å²) >= 11 is 0. The summed E-state index contributed by atoms with van der Waals surface area (Å²) in [7, 11) is 0. The second-order valence-corrected chi connectivity index (χ2v) is 5.03. The highest BCUT2D eigenvalue weighted by Crippen LogP contribution is 2.30. The first kappa shape index (κ1) is 11.8. The molecule has 0 aliphatic heterocycles. The number of hydrogen-bond acceptors (Lipinski definition) is 0. The fraction of sp³-hybridized carbons (Fsp3) is 0.176.